The van der Waals surface area contributed by atoms with Crippen LogP contribution in [0.5, 0.6) is 0 Å². The second-order valence-electron chi connectivity index (χ2n) is 4.29. The Morgan fingerprint density at radius 2 is 2.29 bits per heavy atom. The first-order valence-corrected chi connectivity index (χ1v) is 7.41. The van der Waals surface area contributed by atoms with Gasteiger partial charge in [-0.05, 0) is 19.4 Å². The fourth-order valence-corrected chi connectivity index (χ4v) is 2.62. The molecular weight excluding hydrogens is 240 g/mol. The van der Waals surface area contributed by atoms with Crippen LogP contribution < -0.4 is 11.1 Å². The molecule has 2 heterocycles. The number of hydrogen-bond donors (Lipinski definition) is 2. The van der Waals surface area contributed by atoms with Gasteiger partial charge in [0.25, 0.3) is 0 Å². The Morgan fingerprint density at radius 3 is 2.82 bits per heavy atom. The van der Waals surface area contributed by atoms with Gasteiger partial charge in [-0.3, -0.25) is 0 Å². The van der Waals surface area contributed by atoms with Gasteiger partial charge in [-0.2, -0.15) is 0 Å². The molecule has 1 aromatic heterocycles. The van der Waals surface area contributed by atoms with Crippen molar-refractivity contribution >= 4 is 15.7 Å². The molecule has 1 fully saturated rings. The number of aromatic nitrogens is 2. The third-order valence-corrected chi connectivity index (χ3v) is 3.98. The van der Waals surface area contributed by atoms with Crippen LogP contribution >= 0.6 is 0 Å². The van der Waals surface area contributed by atoms with Crippen molar-refractivity contribution < 1.29 is 8.42 Å². The van der Waals surface area contributed by atoms with Gasteiger partial charge in [-0.15, -0.1) is 0 Å². The standard InChI is InChI=1S/C10H16N4O2S/c1-17(15,16)8-6-13-10(14-9(8)11)7-3-2-4-12-5-7/h6-7,12H,2-5H2,1H3,(H2,11,13,14). The maximum Gasteiger partial charge on any atom is 0.180 e. The molecule has 2 rings (SSSR count). The summed E-state index contributed by atoms with van der Waals surface area (Å²) in [7, 11) is -3.35. The van der Waals surface area contributed by atoms with Crippen molar-refractivity contribution in [2.24, 2.45) is 0 Å². The van der Waals surface area contributed by atoms with Crippen LogP contribution in [0.4, 0.5) is 5.82 Å². The highest BCUT2D eigenvalue weighted by Crippen LogP contribution is 2.22. The first-order valence-electron chi connectivity index (χ1n) is 5.51. The first-order chi connectivity index (χ1) is 7.98. The summed E-state index contributed by atoms with van der Waals surface area (Å²) >= 11 is 0. The van der Waals surface area contributed by atoms with Crippen LogP contribution in [0.1, 0.15) is 24.6 Å². The lowest BCUT2D eigenvalue weighted by atomic mass is 9.99. The minimum atomic E-state index is -3.35. The number of sulfone groups is 1. The van der Waals surface area contributed by atoms with E-state index in [4.69, 9.17) is 5.73 Å². The smallest absolute Gasteiger partial charge is 0.180 e. The second-order valence-corrected chi connectivity index (χ2v) is 6.28. The Morgan fingerprint density at radius 1 is 1.53 bits per heavy atom. The summed E-state index contributed by atoms with van der Waals surface area (Å²) in [5.41, 5.74) is 5.66. The van der Waals surface area contributed by atoms with E-state index in [1.165, 1.54) is 6.20 Å². The molecule has 1 aromatic rings. The number of anilines is 1. The van der Waals surface area contributed by atoms with Gasteiger partial charge in [0.05, 0.1) is 6.20 Å². The lowest BCUT2D eigenvalue weighted by Crippen LogP contribution is -2.29. The van der Waals surface area contributed by atoms with Crippen molar-refractivity contribution in [1.82, 2.24) is 15.3 Å². The van der Waals surface area contributed by atoms with Crippen LogP contribution in [0.3, 0.4) is 0 Å². The minimum absolute atomic E-state index is 0.00465. The predicted molar refractivity (Wildman–Crippen MR) is 64.4 cm³/mol. The molecule has 17 heavy (non-hydrogen) atoms. The Hall–Kier alpha value is -1.21. The quantitative estimate of drug-likeness (QED) is 0.768. The summed E-state index contributed by atoms with van der Waals surface area (Å²) < 4.78 is 22.7. The third kappa shape index (κ3) is 2.73. The van der Waals surface area contributed by atoms with Gasteiger partial charge in [-0.25, -0.2) is 18.4 Å². The van der Waals surface area contributed by atoms with Crippen LogP contribution in [0, 0.1) is 0 Å². The van der Waals surface area contributed by atoms with Crippen LogP contribution in [-0.2, 0) is 9.84 Å². The van der Waals surface area contributed by atoms with E-state index in [0.717, 1.165) is 32.2 Å². The minimum Gasteiger partial charge on any atom is -0.383 e. The SMILES string of the molecule is CS(=O)(=O)c1cnc(C2CCCNC2)nc1N. The fourth-order valence-electron chi connectivity index (χ4n) is 1.95. The Kier molecular flexibility index (Phi) is 3.30. The number of nitrogens with one attached hydrogen (secondary N) is 1. The van der Waals surface area contributed by atoms with Crippen LogP contribution in [0.2, 0.25) is 0 Å². The third-order valence-electron chi connectivity index (χ3n) is 2.86. The molecule has 0 radical (unpaired) electrons. The monoisotopic (exact) mass is 256 g/mol. The zero-order valence-corrected chi connectivity index (χ0v) is 10.5. The Labute approximate surface area is 101 Å². The molecule has 1 atom stereocenters. The van der Waals surface area contributed by atoms with E-state index in [0.29, 0.717) is 5.82 Å². The molecule has 1 aliphatic heterocycles. The summed E-state index contributed by atoms with van der Waals surface area (Å²) in [4.78, 5) is 8.23. The van der Waals surface area contributed by atoms with Crippen LogP contribution in [-0.4, -0.2) is 37.7 Å². The van der Waals surface area contributed by atoms with Gasteiger partial charge in [-0.1, -0.05) is 0 Å². The van der Waals surface area contributed by atoms with E-state index in [9.17, 15) is 8.42 Å². The maximum atomic E-state index is 11.4. The molecule has 7 heteroatoms. The largest absolute Gasteiger partial charge is 0.383 e. The predicted octanol–water partition coefficient (Wildman–Crippen LogP) is -0.0707. The van der Waals surface area contributed by atoms with Crippen molar-refractivity contribution in [3.8, 4) is 0 Å². The summed E-state index contributed by atoms with van der Waals surface area (Å²) in [6.07, 6.45) is 4.48. The highest BCUT2D eigenvalue weighted by atomic mass is 32.2. The Balaban J connectivity index is 2.30. The molecule has 0 spiro atoms. The van der Waals surface area contributed by atoms with Crippen molar-refractivity contribution in [3.05, 3.63) is 12.0 Å². The van der Waals surface area contributed by atoms with Crippen molar-refractivity contribution in [3.63, 3.8) is 0 Å². The zero-order chi connectivity index (χ0) is 12.5. The molecule has 0 bridgehead atoms. The molecule has 0 saturated carbocycles. The van der Waals surface area contributed by atoms with Gasteiger partial charge in [0.1, 0.15) is 16.5 Å². The van der Waals surface area contributed by atoms with E-state index >= 15 is 0 Å². The average Bonchev–Trinajstić information content (AvgIpc) is 2.28. The number of hydrogen-bond acceptors (Lipinski definition) is 6. The lowest BCUT2D eigenvalue weighted by Gasteiger charge is -2.21. The number of piperidine rings is 1. The molecule has 0 amide bonds. The zero-order valence-electron chi connectivity index (χ0n) is 9.68. The topological polar surface area (TPSA) is 98.0 Å². The van der Waals surface area contributed by atoms with Gasteiger partial charge in [0.15, 0.2) is 9.84 Å². The molecule has 1 unspecified atom stereocenters. The first kappa shape index (κ1) is 12.3. The van der Waals surface area contributed by atoms with Gasteiger partial charge >= 0.3 is 0 Å². The summed E-state index contributed by atoms with van der Waals surface area (Å²) in [5.74, 6) is 0.893. The molecule has 94 valence electrons. The molecule has 3 N–H and O–H groups in total. The van der Waals surface area contributed by atoms with Gasteiger partial charge in [0, 0.05) is 18.7 Å². The van der Waals surface area contributed by atoms with Crippen molar-refractivity contribution in [2.45, 2.75) is 23.7 Å². The van der Waals surface area contributed by atoms with E-state index in [2.05, 4.69) is 15.3 Å². The summed E-state index contributed by atoms with van der Waals surface area (Å²) in [5, 5.41) is 3.26. The van der Waals surface area contributed by atoms with Gasteiger partial charge in [0.2, 0.25) is 0 Å². The molecule has 0 aliphatic carbocycles. The number of nitrogens with two attached hydrogens (primary N) is 1. The van der Waals surface area contributed by atoms with E-state index < -0.39 is 9.84 Å². The fraction of sp³-hybridized carbons (Fsp3) is 0.600. The maximum absolute atomic E-state index is 11.4. The molecule has 0 aromatic carbocycles. The summed E-state index contributed by atoms with van der Waals surface area (Å²) in [6, 6.07) is 0. The summed E-state index contributed by atoms with van der Waals surface area (Å²) in [6.45, 7) is 1.82. The number of nitrogens with zero attached hydrogens (tertiary/aromatic N) is 2. The number of rotatable bonds is 2. The lowest BCUT2D eigenvalue weighted by molar-refractivity contribution is 0.446. The molecule has 1 aliphatic rings. The molecule has 6 nitrogen and oxygen atoms in total. The van der Waals surface area contributed by atoms with Crippen molar-refractivity contribution in [2.75, 3.05) is 25.1 Å². The van der Waals surface area contributed by atoms with Crippen LogP contribution in [0.15, 0.2) is 11.1 Å². The second kappa shape index (κ2) is 4.58. The molecular formula is C10H16N4O2S. The van der Waals surface area contributed by atoms with E-state index in [-0.39, 0.29) is 16.6 Å². The number of nitrogen functional groups attached to an aromatic ring is 1. The average molecular weight is 256 g/mol. The normalized spacial score (nSPS) is 21.4. The molecule has 1 saturated heterocycles. The van der Waals surface area contributed by atoms with Crippen molar-refractivity contribution in [1.29, 1.82) is 0 Å². The highest BCUT2D eigenvalue weighted by molar-refractivity contribution is 7.90. The Bertz CT molecular complexity index is 509. The van der Waals surface area contributed by atoms with Crippen LogP contribution in [0.25, 0.3) is 0 Å². The van der Waals surface area contributed by atoms with Gasteiger partial charge < -0.3 is 11.1 Å². The van der Waals surface area contributed by atoms with E-state index in [1.54, 1.807) is 0 Å². The highest BCUT2D eigenvalue weighted by Gasteiger charge is 2.20. The van der Waals surface area contributed by atoms with E-state index in [1.807, 2.05) is 0 Å².